The molecule has 6 nitrogen and oxygen atoms in total. The van der Waals surface area contributed by atoms with Crippen molar-refractivity contribution in [2.75, 3.05) is 24.3 Å². The number of pyridine rings is 1. The van der Waals surface area contributed by atoms with Gasteiger partial charge in [-0.25, -0.2) is 4.98 Å². The van der Waals surface area contributed by atoms with E-state index in [1.54, 1.807) is 18.0 Å². The van der Waals surface area contributed by atoms with Crippen molar-refractivity contribution in [3.05, 3.63) is 84.3 Å². The Morgan fingerprint density at radius 2 is 2.00 bits per heavy atom. The zero-order valence-corrected chi connectivity index (χ0v) is 18.6. The number of carbonyl (C=O) groups is 1. The quantitative estimate of drug-likeness (QED) is 0.444. The van der Waals surface area contributed by atoms with E-state index < -0.39 is 0 Å². The van der Waals surface area contributed by atoms with Crippen LogP contribution in [0.2, 0.25) is 0 Å². The summed E-state index contributed by atoms with van der Waals surface area (Å²) in [5.74, 6) is 0.601. The number of thioether (sulfide) groups is 1. The number of nitrogens with one attached hydrogen (secondary N) is 1. The predicted molar refractivity (Wildman–Crippen MR) is 128 cm³/mol. The van der Waals surface area contributed by atoms with Crippen LogP contribution in [-0.4, -0.2) is 34.7 Å². The second kappa shape index (κ2) is 8.96. The van der Waals surface area contributed by atoms with E-state index in [0.717, 1.165) is 35.6 Å². The van der Waals surface area contributed by atoms with Gasteiger partial charge in [0.25, 0.3) is 5.91 Å². The highest BCUT2D eigenvalue weighted by Gasteiger charge is 2.22. The molecule has 1 aliphatic rings. The molecule has 3 heterocycles. The van der Waals surface area contributed by atoms with Crippen molar-refractivity contribution < 1.29 is 9.53 Å². The average Bonchev–Trinajstić information content (AvgIpc) is 3.23. The van der Waals surface area contributed by atoms with Crippen molar-refractivity contribution in [1.82, 2.24) is 14.7 Å². The number of hydrogen-bond acceptors (Lipinski definition) is 5. The van der Waals surface area contributed by atoms with E-state index in [-0.39, 0.29) is 5.91 Å². The molecule has 0 atom stereocenters. The molecular formula is C25H24N4O2S. The van der Waals surface area contributed by atoms with Gasteiger partial charge in [0.2, 0.25) is 0 Å². The summed E-state index contributed by atoms with van der Waals surface area (Å²) < 4.78 is 8.03. The lowest BCUT2D eigenvalue weighted by Gasteiger charge is -2.24. The smallest absolute Gasteiger partial charge is 0.251 e. The van der Waals surface area contributed by atoms with Gasteiger partial charge in [-0.1, -0.05) is 12.1 Å². The first-order valence-corrected chi connectivity index (χ1v) is 11.8. The number of benzene rings is 2. The van der Waals surface area contributed by atoms with Crippen LogP contribution in [0.1, 0.15) is 22.3 Å². The van der Waals surface area contributed by atoms with Gasteiger partial charge in [0.15, 0.2) is 5.65 Å². The predicted octanol–water partition coefficient (Wildman–Crippen LogP) is 4.91. The lowest BCUT2D eigenvalue weighted by atomic mass is 10.1. The van der Waals surface area contributed by atoms with Crippen molar-refractivity contribution in [3.8, 4) is 5.75 Å². The summed E-state index contributed by atoms with van der Waals surface area (Å²) in [6.45, 7) is 1.91. The minimum Gasteiger partial charge on any atom is -0.491 e. The van der Waals surface area contributed by atoms with Crippen LogP contribution >= 0.6 is 11.8 Å². The summed E-state index contributed by atoms with van der Waals surface area (Å²) in [6, 6.07) is 18.0. The third kappa shape index (κ3) is 4.03. The number of hydrogen-bond donors (Lipinski definition) is 1. The SMILES string of the molecule is CSc1ccc(CNC(=O)c2ccc3c(c2)OCCCN3c2cccn3ccnc23)cc1. The minimum atomic E-state index is -0.114. The van der Waals surface area contributed by atoms with Crippen LogP contribution in [-0.2, 0) is 6.54 Å². The average molecular weight is 445 g/mol. The van der Waals surface area contributed by atoms with Crippen LogP contribution in [0.25, 0.3) is 5.65 Å². The number of ether oxygens (including phenoxy) is 1. The maximum absolute atomic E-state index is 12.8. The third-order valence-corrected chi connectivity index (χ3v) is 6.34. The van der Waals surface area contributed by atoms with Gasteiger partial charge in [-0.15, -0.1) is 11.8 Å². The van der Waals surface area contributed by atoms with E-state index in [1.165, 1.54) is 4.90 Å². The summed E-state index contributed by atoms with van der Waals surface area (Å²) in [6.07, 6.45) is 8.66. The van der Waals surface area contributed by atoms with Crippen LogP contribution in [0, 0.1) is 0 Å². The van der Waals surface area contributed by atoms with Crippen molar-refractivity contribution in [2.45, 2.75) is 17.9 Å². The zero-order valence-electron chi connectivity index (χ0n) is 17.8. The number of carbonyl (C=O) groups excluding carboxylic acids is 1. The molecule has 0 saturated heterocycles. The highest BCUT2D eigenvalue weighted by Crippen LogP contribution is 2.38. The molecule has 0 radical (unpaired) electrons. The molecule has 1 amide bonds. The van der Waals surface area contributed by atoms with Gasteiger partial charge in [0.1, 0.15) is 5.75 Å². The molecule has 4 aromatic rings. The molecule has 0 bridgehead atoms. The molecule has 5 rings (SSSR count). The van der Waals surface area contributed by atoms with Crippen LogP contribution in [0.3, 0.4) is 0 Å². The summed E-state index contributed by atoms with van der Waals surface area (Å²) in [5, 5.41) is 3.01. The van der Waals surface area contributed by atoms with E-state index in [4.69, 9.17) is 4.74 Å². The molecular weight excluding hydrogens is 420 g/mol. The molecule has 1 aliphatic heterocycles. The van der Waals surface area contributed by atoms with Crippen LogP contribution in [0.5, 0.6) is 5.75 Å². The minimum absolute atomic E-state index is 0.114. The molecule has 0 fully saturated rings. The van der Waals surface area contributed by atoms with Crippen LogP contribution in [0.15, 0.2) is 78.1 Å². The van der Waals surface area contributed by atoms with Crippen LogP contribution in [0.4, 0.5) is 11.4 Å². The van der Waals surface area contributed by atoms with Gasteiger partial charge in [0.05, 0.1) is 18.0 Å². The second-order valence-corrected chi connectivity index (χ2v) is 8.50. The molecule has 162 valence electrons. The Hall–Kier alpha value is -3.45. The fourth-order valence-corrected chi connectivity index (χ4v) is 4.35. The van der Waals surface area contributed by atoms with Crippen molar-refractivity contribution in [1.29, 1.82) is 0 Å². The third-order valence-electron chi connectivity index (χ3n) is 5.60. The molecule has 7 heteroatoms. The van der Waals surface area contributed by atoms with Gasteiger partial charge in [-0.3, -0.25) is 4.79 Å². The Morgan fingerprint density at radius 3 is 2.84 bits per heavy atom. The fourth-order valence-electron chi connectivity index (χ4n) is 3.94. The Morgan fingerprint density at radius 1 is 1.12 bits per heavy atom. The van der Waals surface area contributed by atoms with Gasteiger partial charge in [0, 0.05) is 42.1 Å². The lowest BCUT2D eigenvalue weighted by molar-refractivity contribution is 0.0950. The molecule has 2 aromatic carbocycles. The van der Waals surface area contributed by atoms with E-state index in [0.29, 0.717) is 24.5 Å². The highest BCUT2D eigenvalue weighted by atomic mass is 32.2. The van der Waals surface area contributed by atoms with Gasteiger partial charge in [-0.2, -0.15) is 0 Å². The number of nitrogens with zero attached hydrogens (tertiary/aromatic N) is 3. The molecule has 1 N–H and O–H groups in total. The number of imidazole rings is 1. The van der Waals surface area contributed by atoms with Gasteiger partial charge >= 0.3 is 0 Å². The topological polar surface area (TPSA) is 58.9 Å². The summed E-state index contributed by atoms with van der Waals surface area (Å²) in [7, 11) is 0. The first kappa shape index (κ1) is 20.5. The number of aromatic nitrogens is 2. The molecule has 0 spiro atoms. The lowest BCUT2D eigenvalue weighted by Crippen LogP contribution is -2.23. The van der Waals surface area contributed by atoms with E-state index in [9.17, 15) is 4.79 Å². The normalized spacial score (nSPS) is 13.3. The molecule has 2 aromatic heterocycles. The monoisotopic (exact) mass is 444 g/mol. The van der Waals surface area contributed by atoms with Gasteiger partial charge < -0.3 is 19.4 Å². The highest BCUT2D eigenvalue weighted by molar-refractivity contribution is 7.98. The van der Waals surface area contributed by atoms with Crippen molar-refractivity contribution >= 4 is 34.7 Å². The van der Waals surface area contributed by atoms with E-state index in [2.05, 4.69) is 33.4 Å². The molecule has 0 aliphatic carbocycles. The number of amides is 1. The maximum atomic E-state index is 12.8. The number of rotatable bonds is 5. The molecule has 32 heavy (non-hydrogen) atoms. The van der Waals surface area contributed by atoms with Gasteiger partial charge in [-0.05, 0) is 60.7 Å². The Balaban J connectivity index is 1.38. The first-order valence-electron chi connectivity index (χ1n) is 10.6. The van der Waals surface area contributed by atoms with Crippen molar-refractivity contribution in [2.24, 2.45) is 0 Å². The van der Waals surface area contributed by atoms with Crippen molar-refractivity contribution in [3.63, 3.8) is 0 Å². The number of fused-ring (bicyclic) bond motifs is 2. The second-order valence-electron chi connectivity index (χ2n) is 7.62. The Labute approximate surface area is 191 Å². The first-order chi connectivity index (χ1) is 15.7. The van der Waals surface area contributed by atoms with Crippen LogP contribution < -0.4 is 15.0 Å². The zero-order chi connectivity index (χ0) is 21.9. The summed E-state index contributed by atoms with van der Waals surface area (Å²) in [4.78, 5) is 20.8. The molecule has 0 saturated carbocycles. The maximum Gasteiger partial charge on any atom is 0.251 e. The summed E-state index contributed by atoms with van der Waals surface area (Å²) in [5.41, 5.74) is 4.53. The number of anilines is 2. The fraction of sp³-hybridized carbons (Fsp3) is 0.200. The summed E-state index contributed by atoms with van der Waals surface area (Å²) >= 11 is 1.70. The van der Waals surface area contributed by atoms with E-state index in [1.807, 2.05) is 59.4 Å². The van der Waals surface area contributed by atoms with E-state index >= 15 is 0 Å². The standard InChI is InChI=1S/C25H24N4O2S/c1-32-20-8-5-18(6-9-20)17-27-25(30)19-7-10-21-23(16-19)31-15-3-13-29(21)22-4-2-12-28-14-11-26-24(22)28/h2,4-12,14,16H,3,13,15,17H2,1H3,(H,27,30). The Kier molecular flexibility index (Phi) is 5.73. The molecule has 0 unspecified atom stereocenters. The Bertz CT molecular complexity index is 1250. The largest absolute Gasteiger partial charge is 0.491 e.